The van der Waals surface area contributed by atoms with Crippen molar-refractivity contribution in [3.63, 3.8) is 0 Å². The zero-order chi connectivity index (χ0) is 14.6. The Morgan fingerprint density at radius 3 is 2.90 bits per heavy atom. The van der Waals surface area contributed by atoms with Crippen LogP contribution in [0, 0.1) is 0 Å². The molecule has 1 heterocycles. The van der Waals surface area contributed by atoms with Gasteiger partial charge in [-0.1, -0.05) is 23.9 Å². The summed E-state index contributed by atoms with van der Waals surface area (Å²) in [6, 6.07) is 6.56. The first-order chi connectivity index (χ1) is 9.53. The minimum Gasteiger partial charge on any atom is -0.466 e. The van der Waals surface area contributed by atoms with Gasteiger partial charge in [0, 0.05) is 5.75 Å². The lowest BCUT2D eigenvalue weighted by Gasteiger charge is -2.17. The number of benzene rings is 1. The highest BCUT2D eigenvalue weighted by molar-refractivity contribution is 8.14. The monoisotopic (exact) mass is 314 g/mol. The number of rotatable bonds is 4. The van der Waals surface area contributed by atoms with E-state index in [1.807, 2.05) is 0 Å². The van der Waals surface area contributed by atoms with E-state index in [0.29, 0.717) is 18.0 Å². The predicted molar refractivity (Wildman–Crippen MR) is 78.4 cm³/mol. The Morgan fingerprint density at radius 1 is 1.40 bits per heavy atom. The molecule has 108 valence electrons. The van der Waals surface area contributed by atoms with Crippen LogP contribution in [0.5, 0.6) is 0 Å². The highest BCUT2D eigenvalue weighted by Crippen LogP contribution is 2.29. The lowest BCUT2D eigenvalue weighted by Crippen LogP contribution is -2.19. The lowest BCUT2D eigenvalue weighted by molar-refractivity contribution is -0.142. The summed E-state index contributed by atoms with van der Waals surface area (Å²) in [6.07, 6.45) is 0.209. The summed E-state index contributed by atoms with van der Waals surface area (Å²) in [7, 11) is -3.66. The minimum atomic E-state index is -3.66. The molecule has 0 fully saturated rings. The lowest BCUT2D eigenvalue weighted by atomic mass is 10.3. The van der Waals surface area contributed by atoms with Crippen LogP contribution in [-0.2, 0) is 19.6 Å². The topological polar surface area (TPSA) is 84.8 Å². The molecule has 8 heteroatoms. The molecule has 1 aromatic rings. The van der Waals surface area contributed by atoms with E-state index < -0.39 is 10.0 Å². The second kappa shape index (κ2) is 6.27. The van der Waals surface area contributed by atoms with Gasteiger partial charge in [-0.3, -0.25) is 4.79 Å². The summed E-state index contributed by atoms with van der Waals surface area (Å²) < 4.78 is 32.4. The average molecular weight is 314 g/mol. The van der Waals surface area contributed by atoms with Crippen LogP contribution in [0.1, 0.15) is 13.3 Å². The predicted octanol–water partition coefficient (Wildman–Crippen LogP) is 1.84. The first-order valence-corrected chi connectivity index (χ1v) is 8.45. The molecular formula is C12H14N2O4S2. The van der Waals surface area contributed by atoms with Gasteiger partial charge in [-0.25, -0.2) is 0 Å². The van der Waals surface area contributed by atoms with E-state index >= 15 is 0 Å². The van der Waals surface area contributed by atoms with Gasteiger partial charge in [0.25, 0.3) is 10.0 Å². The van der Waals surface area contributed by atoms with Gasteiger partial charge in [0.05, 0.1) is 18.7 Å². The third kappa shape index (κ3) is 3.51. The highest BCUT2D eigenvalue weighted by atomic mass is 32.2. The molecule has 0 aromatic heterocycles. The van der Waals surface area contributed by atoms with Gasteiger partial charge in [-0.15, -0.1) is 4.40 Å². The second-order valence-corrected chi connectivity index (χ2v) is 6.55. The van der Waals surface area contributed by atoms with E-state index in [1.165, 1.54) is 17.8 Å². The van der Waals surface area contributed by atoms with Gasteiger partial charge in [0.15, 0.2) is 5.17 Å². The Hall–Kier alpha value is -1.54. The number of hydrogen-bond donors (Lipinski definition) is 1. The number of anilines is 1. The summed E-state index contributed by atoms with van der Waals surface area (Å²) in [5, 5.41) is 3.21. The normalized spacial score (nSPS) is 15.8. The summed E-state index contributed by atoms with van der Waals surface area (Å²) in [4.78, 5) is 11.4. The fraction of sp³-hybridized carbons (Fsp3) is 0.333. The quantitative estimate of drug-likeness (QED) is 0.854. The molecule has 0 saturated carbocycles. The van der Waals surface area contributed by atoms with E-state index in [9.17, 15) is 13.2 Å². The molecule has 1 aromatic carbocycles. The summed E-state index contributed by atoms with van der Waals surface area (Å²) in [6.45, 7) is 2.08. The Morgan fingerprint density at radius 2 is 2.15 bits per heavy atom. The van der Waals surface area contributed by atoms with Gasteiger partial charge in [-0.05, 0) is 19.1 Å². The number of nitrogens with zero attached hydrogens (tertiary/aromatic N) is 1. The number of carbonyl (C=O) groups is 1. The Kier molecular flexibility index (Phi) is 4.66. The standard InChI is InChI=1S/C12H14N2O4S2/c1-2-18-11(15)7-8-19-12-13-9-5-3-4-6-10(9)20(16,17)14-12/h3-6H,2,7-8H2,1H3,(H,13,14). The second-order valence-electron chi connectivity index (χ2n) is 3.90. The van der Waals surface area contributed by atoms with Crippen molar-refractivity contribution < 1.29 is 17.9 Å². The number of hydrogen-bond acceptors (Lipinski definition) is 6. The molecule has 1 aliphatic rings. The number of para-hydroxylation sites is 1. The third-order valence-electron chi connectivity index (χ3n) is 2.46. The van der Waals surface area contributed by atoms with Gasteiger partial charge < -0.3 is 10.1 Å². The van der Waals surface area contributed by atoms with Crippen LogP contribution in [0.3, 0.4) is 0 Å². The molecule has 0 radical (unpaired) electrons. The van der Waals surface area contributed by atoms with Crippen LogP contribution in [0.2, 0.25) is 0 Å². The Labute approximate surface area is 121 Å². The van der Waals surface area contributed by atoms with E-state index in [0.717, 1.165) is 0 Å². The van der Waals surface area contributed by atoms with Crippen molar-refractivity contribution in [1.29, 1.82) is 0 Å². The fourth-order valence-electron chi connectivity index (χ4n) is 1.62. The molecule has 1 aliphatic heterocycles. The van der Waals surface area contributed by atoms with Crippen molar-refractivity contribution in [2.45, 2.75) is 18.2 Å². The number of ether oxygens (including phenoxy) is 1. The first kappa shape index (κ1) is 14.9. The Bertz CT molecular complexity index is 641. The van der Waals surface area contributed by atoms with Crippen LogP contribution < -0.4 is 5.32 Å². The maximum Gasteiger partial charge on any atom is 0.306 e. The van der Waals surface area contributed by atoms with Crippen molar-refractivity contribution in [3.8, 4) is 0 Å². The largest absolute Gasteiger partial charge is 0.466 e. The molecule has 6 nitrogen and oxygen atoms in total. The van der Waals surface area contributed by atoms with Crippen molar-refractivity contribution >= 4 is 38.6 Å². The molecule has 0 atom stereocenters. The highest BCUT2D eigenvalue weighted by Gasteiger charge is 2.24. The molecule has 0 bridgehead atoms. The molecule has 0 spiro atoms. The summed E-state index contributed by atoms with van der Waals surface area (Å²) in [5.74, 6) is 0.0992. The van der Waals surface area contributed by atoms with Crippen molar-refractivity contribution in [3.05, 3.63) is 24.3 Å². The number of nitrogens with one attached hydrogen (secondary N) is 1. The van der Waals surface area contributed by atoms with Crippen LogP contribution in [0.4, 0.5) is 5.69 Å². The number of esters is 1. The number of fused-ring (bicyclic) bond motifs is 1. The molecule has 1 N–H and O–H groups in total. The van der Waals surface area contributed by atoms with Crippen LogP contribution in [0.25, 0.3) is 0 Å². The van der Waals surface area contributed by atoms with Crippen molar-refractivity contribution in [1.82, 2.24) is 0 Å². The summed E-state index contributed by atoms with van der Waals surface area (Å²) >= 11 is 1.18. The smallest absolute Gasteiger partial charge is 0.306 e. The summed E-state index contributed by atoms with van der Waals surface area (Å²) in [5.41, 5.74) is 0.501. The van der Waals surface area contributed by atoms with Crippen LogP contribution in [-0.4, -0.2) is 31.9 Å². The molecule has 2 rings (SSSR count). The third-order valence-corrected chi connectivity index (χ3v) is 4.79. The molecule has 0 unspecified atom stereocenters. The number of thioether (sulfide) groups is 1. The van der Waals surface area contributed by atoms with E-state index in [1.54, 1.807) is 25.1 Å². The first-order valence-electron chi connectivity index (χ1n) is 6.02. The van der Waals surface area contributed by atoms with Crippen molar-refractivity contribution in [2.75, 3.05) is 17.7 Å². The zero-order valence-corrected chi connectivity index (χ0v) is 12.5. The maximum atomic E-state index is 12.0. The molecule has 20 heavy (non-hydrogen) atoms. The van der Waals surface area contributed by atoms with Crippen LogP contribution in [0.15, 0.2) is 33.6 Å². The average Bonchev–Trinajstić information content (AvgIpc) is 2.38. The van der Waals surface area contributed by atoms with Gasteiger partial charge >= 0.3 is 5.97 Å². The number of sulfonamides is 1. The van der Waals surface area contributed by atoms with Gasteiger partial charge in [0.1, 0.15) is 4.90 Å². The number of amidine groups is 1. The molecule has 0 aliphatic carbocycles. The maximum absolute atomic E-state index is 12.0. The minimum absolute atomic E-state index is 0.162. The SMILES string of the molecule is CCOC(=O)CCSC1=NS(=O)(=O)c2ccccc2N1. The van der Waals surface area contributed by atoms with E-state index in [4.69, 9.17) is 4.74 Å². The fourth-order valence-corrected chi connectivity index (χ4v) is 3.78. The molecule has 0 saturated heterocycles. The van der Waals surface area contributed by atoms with E-state index in [2.05, 4.69) is 9.71 Å². The molecule has 0 amide bonds. The van der Waals surface area contributed by atoms with Gasteiger partial charge in [-0.2, -0.15) is 8.42 Å². The van der Waals surface area contributed by atoms with Gasteiger partial charge in [0.2, 0.25) is 0 Å². The Balaban J connectivity index is 2.02. The zero-order valence-electron chi connectivity index (χ0n) is 10.8. The van der Waals surface area contributed by atoms with E-state index in [-0.39, 0.29) is 22.5 Å². The number of carbonyl (C=O) groups excluding carboxylic acids is 1. The molecular weight excluding hydrogens is 300 g/mol. The van der Waals surface area contributed by atoms with Crippen LogP contribution >= 0.6 is 11.8 Å². The van der Waals surface area contributed by atoms with Crippen molar-refractivity contribution in [2.24, 2.45) is 4.40 Å².